The molecule has 0 aliphatic rings. The van der Waals surface area contributed by atoms with Gasteiger partial charge in [0, 0.05) is 12.0 Å². The second-order valence-corrected chi connectivity index (χ2v) is 6.06. The highest BCUT2D eigenvalue weighted by Crippen LogP contribution is 2.12. The van der Waals surface area contributed by atoms with Gasteiger partial charge < -0.3 is 26.4 Å². The smallest absolute Gasteiger partial charge is 0.118 e. The van der Waals surface area contributed by atoms with E-state index in [-0.39, 0.29) is 6.10 Å². The molecule has 0 saturated heterocycles. The Labute approximate surface area is 204 Å². The molecule has 2 aromatic carbocycles. The highest BCUT2D eigenvalue weighted by molar-refractivity contribution is 7.80. The summed E-state index contributed by atoms with van der Waals surface area (Å²) in [5.41, 5.74) is 11.4. The van der Waals surface area contributed by atoms with E-state index in [9.17, 15) is 0 Å². The van der Waals surface area contributed by atoms with Crippen molar-refractivity contribution in [3.63, 3.8) is 0 Å². The molecule has 5 nitrogen and oxygen atoms in total. The summed E-state index contributed by atoms with van der Waals surface area (Å²) < 4.78 is 4.94. The first-order valence-electron chi connectivity index (χ1n) is 11.3. The Morgan fingerprint density at radius 1 is 0.875 bits per heavy atom. The van der Waals surface area contributed by atoms with Crippen LogP contribution in [0.15, 0.2) is 59.5 Å². The highest BCUT2D eigenvalue weighted by atomic mass is 32.1. The lowest BCUT2D eigenvalue weighted by Crippen LogP contribution is -2.06. The Balaban J connectivity index is -0.0000000961. The molecule has 0 aliphatic heterocycles. The summed E-state index contributed by atoms with van der Waals surface area (Å²) in [5.74, 6) is 0.868. The van der Waals surface area contributed by atoms with Gasteiger partial charge in [0.15, 0.2) is 0 Å². The number of aliphatic hydroxyl groups is 2. The SMILES string of the molecule is CC.CC.CCC(C)O.CO.COc1ccc(S)cc1.Cc1ccccc1.NCCCN. The van der Waals surface area contributed by atoms with E-state index >= 15 is 0 Å². The molecule has 6 heteroatoms. The molecule has 0 aliphatic carbocycles. The molecule has 0 aromatic heterocycles. The van der Waals surface area contributed by atoms with Crippen LogP contribution >= 0.6 is 12.6 Å². The Morgan fingerprint density at radius 2 is 1.25 bits per heavy atom. The summed E-state index contributed by atoms with van der Waals surface area (Å²) in [6.07, 6.45) is 1.69. The number of hydrogen-bond donors (Lipinski definition) is 5. The minimum Gasteiger partial charge on any atom is -0.497 e. The van der Waals surface area contributed by atoms with Crippen molar-refractivity contribution >= 4 is 12.6 Å². The molecule has 0 bridgehead atoms. The van der Waals surface area contributed by atoms with Crippen molar-refractivity contribution < 1.29 is 14.9 Å². The number of benzene rings is 2. The van der Waals surface area contributed by atoms with Crippen LogP contribution in [0.2, 0.25) is 0 Å². The van der Waals surface area contributed by atoms with Crippen molar-refractivity contribution in [1.29, 1.82) is 0 Å². The van der Waals surface area contributed by atoms with Gasteiger partial charge in [-0.15, -0.1) is 12.6 Å². The second-order valence-electron chi connectivity index (χ2n) is 5.54. The summed E-state index contributed by atoms with van der Waals surface area (Å²) in [5, 5.41) is 15.4. The van der Waals surface area contributed by atoms with Crippen LogP contribution in [0, 0.1) is 6.92 Å². The maximum atomic E-state index is 8.36. The number of aryl methyl sites for hydroxylation is 1. The van der Waals surface area contributed by atoms with Crippen molar-refractivity contribution in [3.8, 4) is 5.75 Å². The molecule has 2 aromatic rings. The van der Waals surface area contributed by atoms with E-state index in [1.807, 2.05) is 77.1 Å². The normalized spacial score (nSPS) is 8.69. The molecule has 0 amide bonds. The van der Waals surface area contributed by atoms with Crippen LogP contribution in [0.1, 0.15) is 59.9 Å². The Morgan fingerprint density at radius 3 is 1.44 bits per heavy atom. The van der Waals surface area contributed by atoms with Gasteiger partial charge in [-0.2, -0.15) is 0 Å². The molecule has 0 fully saturated rings. The molecular weight excluding hydrogens is 420 g/mol. The minimum atomic E-state index is -0.116. The minimum absolute atomic E-state index is 0.116. The van der Waals surface area contributed by atoms with Gasteiger partial charge >= 0.3 is 0 Å². The van der Waals surface area contributed by atoms with Gasteiger partial charge in [0.05, 0.1) is 13.2 Å². The third-order valence-electron chi connectivity index (χ3n) is 3.01. The largest absolute Gasteiger partial charge is 0.497 e. The summed E-state index contributed by atoms with van der Waals surface area (Å²) in [7, 11) is 2.65. The lowest BCUT2D eigenvalue weighted by atomic mass is 10.2. The highest BCUT2D eigenvalue weighted by Gasteiger charge is 1.86. The Kier molecular flexibility index (Phi) is 50.8. The average molecular weight is 473 g/mol. The second kappa shape index (κ2) is 39.9. The molecule has 2 rings (SSSR count). The van der Waals surface area contributed by atoms with E-state index < -0.39 is 0 Å². The zero-order valence-electron chi connectivity index (χ0n) is 22.0. The maximum Gasteiger partial charge on any atom is 0.118 e. The van der Waals surface area contributed by atoms with E-state index in [1.54, 1.807) is 14.0 Å². The number of hydrogen-bond acceptors (Lipinski definition) is 6. The predicted octanol–water partition coefficient (Wildman–Crippen LogP) is 5.71. The predicted molar refractivity (Wildman–Crippen MR) is 147 cm³/mol. The molecular formula is C26H52N2O3S. The number of rotatable bonds is 4. The van der Waals surface area contributed by atoms with Gasteiger partial charge in [0.2, 0.25) is 0 Å². The topological polar surface area (TPSA) is 102 Å². The van der Waals surface area contributed by atoms with E-state index in [0.717, 1.165) is 43.7 Å². The first-order valence-corrected chi connectivity index (χ1v) is 11.7. The standard InChI is InChI=1S/C7H8OS.C7H8.C4H10O.C3H10N2.2C2H6.CH4O/c1-8-6-2-4-7(9)5-3-6;1-7-5-3-2-4-6-7;1-3-4(2)5;4-2-1-3-5;3*1-2/h2-5,9H,1H3;2-6H,1H3;4-5H,3H2,1-2H3;1-5H2;2*1-2H3;2H,1H3. The lowest BCUT2D eigenvalue weighted by Gasteiger charge is -1.96. The lowest BCUT2D eigenvalue weighted by molar-refractivity contribution is 0.191. The molecule has 32 heavy (non-hydrogen) atoms. The molecule has 0 heterocycles. The number of aliphatic hydroxyl groups excluding tert-OH is 2. The van der Waals surface area contributed by atoms with Crippen LogP contribution in [-0.2, 0) is 0 Å². The molecule has 0 spiro atoms. The number of ether oxygens (including phenoxy) is 1. The fourth-order valence-electron chi connectivity index (χ4n) is 1.23. The van der Waals surface area contributed by atoms with Crippen LogP contribution in [0.3, 0.4) is 0 Å². The fraction of sp³-hybridized carbons (Fsp3) is 0.538. The van der Waals surface area contributed by atoms with Crippen LogP contribution in [0.5, 0.6) is 5.75 Å². The van der Waals surface area contributed by atoms with Crippen LogP contribution in [0.4, 0.5) is 0 Å². The first-order chi connectivity index (χ1) is 15.4. The Hall–Kier alpha value is -1.57. The van der Waals surface area contributed by atoms with E-state index in [0.29, 0.717) is 0 Å². The van der Waals surface area contributed by atoms with Crippen molar-refractivity contribution in [3.05, 3.63) is 60.2 Å². The quantitative estimate of drug-likeness (QED) is 0.367. The van der Waals surface area contributed by atoms with Crippen molar-refractivity contribution in [2.24, 2.45) is 11.5 Å². The van der Waals surface area contributed by atoms with Crippen LogP contribution in [0.25, 0.3) is 0 Å². The first kappa shape index (κ1) is 40.8. The third-order valence-corrected chi connectivity index (χ3v) is 3.31. The molecule has 0 radical (unpaired) electrons. The van der Waals surface area contributed by atoms with Gasteiger partial charge in [-0.3, -0.25) is 0 Å². The molecule has 0 saturated carbocycles. The maximum absolute atomic E-state index is 8.36. The number of nitrogens with two attached hydrogens (primary N) is 2. The number of thiol groups is 1. The summed E-state index contributed by atoms with van der Waals surface area (Å²) in [4.78, 5) is 0.954. The summed E-state index contributed by atoms with van der Waals surface area (Å²) >= 11 is 4.11. The van der Waals surface area contributed by atoms with Gasteiger partial charge in [-0.25, -0.2) is 0 Å². The van der Waals surface area contributed by atoms with Crippen molar-refractivity contribution in [2.45, 2.75) is 72.3 Å². The van der Waals surface area contributed by atoms with Gasteiger partial charge in [0.1, 0.15) is 5.75 Å². The third kappa shape index (κ3) is 42.5. The van der Waals surface area contributed by atoms with Gasteiger partial charge in [0.25, 0.3) is 0 Å². The zero-order valence-corrected chi connectivity index (χ0v) is 22.9. The zero-order chi connectivity index (χ0) is 26.2. The fourth-order valence-corrected chi connectivity index (χ4v) is 1.38. The van der Waals surface area contributed by atoms with Crippen LogP contribution < -0.4 is 16.2 Å². The van der Waals surface area contributed by atoms with Gasteiger partial charge in [-0.1, -0.05) is 70.5 Å². The molecule has 6 N–H and O–H groups in total. The van der Waals surface area contributed by atoms with Gasteiger partial charge in [-0.05, 0) is 64.0 Å². The number of methoxy groups -OCH3 is 1. The van der Waals surface area contributed by atoms with E-state index in [4.69, 9.17) is 26.4 Å². The van der Waals surface area contributed by atoms with Crippen molar-refractivity contribution in [2.75, 3.05) is 27.3 Å². The van der Waals surface area contributed by atoms with E-state index in [2.05, 4.69) is 31.7 Å². The Bertz CT molecular complexity index is 508. The summed E-state index contributed by atoms with van der Waals surface area (Å²) in [6.45, 7) is 15.2. The average Bonchev–Trinajstić information content (AvgIpc) is 2.85. The van der Waals surface area contributed by atoms with Crippen molar-refractivity contribution in [1.82, 2.24) is 0 Å². The van der Waals surface area contributed by atoms with E-state index in [1.165, 1.54) is 5.56 Å². The molecule has 1 atom stereocenters. The molecule has 1 unspecified atom stereocenters. The summed E-state index contributed by atoms with van der Waals surface area (Å²) in [6, 6.07) is 17.8. The monoisotopic (exact) mass is 472 g/mol. The molecule has 190 valence electrons. The van der Waals surface area contributed by atoms with Crippen LogP contribution in [-0.4, -0.2) is 43.6 Å².